The quantitative estimate of drug-likeness (QED) is 0.378. The standard InChI is InChI=1S/C21H18N6S/c1-5-24-20(22-3)17-18-14(8-10-27(18)4)11-16(26-17)19-13(2)25-21(28-19)15-7-6-9-23-12-15/h5-12H,1,3H2,2,4H3. The first-order valence-corrected chi connectivity index (χ1v) is 9.44. The number of thiazole rings is 1. The van der Waals surface area contributed by atoms with E-state index >= 15 is 0 Å². The topological polar surface area (TPSA) is 68.3 Å². The summed E-state index contributed by atoms with van der Waals surface area (Å²) in [5.41, 5.74) is 4.37. The molecule has 4 rings (SSSR count). The molecule has 0 saturated carbocycles. The maximum Gasteiger partial charge on any atom is 0.179 e. The molecule has 0 unspecified atom stereocenters. The molecule has 0 bridgehead atoms. The molecule has 0 spiro atoms. The molecule has 28 heavy (non-hydrogen) atoms. The smallest absolute Gasteiger partial charge is 0.179 e. The van der Waals surface area contributed by atoms with E-state index in [1.807, 2.05) is 43.1 Å². The van der Waals surface area contributed by atoms with E-state index in [1.54, 1.807) is 17.5 Å². The Morgan fingerprint density at radius 3 is 2.86 bits per heavy atom. The number of nitrogens with zero attached hydrogens (tertiary/aromatic N) is 6. The Morgan fingerprint density at radius 2 is 2.14 bits per heavy atom. The highest BCUT2D eigenvalue weighted by Gasteiger charge is 2.18. The number of aliphatic imine (C=N–C) groups is 2. The highest BCUT2D eigenvalue weighted by Crippen LogP contribution is 2.36. The highest BCUT2D eigenvalue weighted by atomic mass is 32.1. The summed E-state index contributed by atoms with van der Waals surface area (Å²) in [6, 6.07) is 8.04. The van der Waals surface area contributed by atoms with Crippen molar-refractivity contribution in [1.29, 1.82) is 0 Å². The molecule has 0 N–H and O–H groups in total. The van der Waals surface area contributed by atoms with Crippen LogP contribution in [0.15, 0.2) is 65.6 Å². The molecule has 6 nitrogen and oxygen atoms in total. The van der Waals surface area contributed by atoms with Crippen LogP contribution in [0.25, 0.3) is 32.0 Å². The Kier molecular flexibility index (Phi) is 4.67. The van der Waals surface area contributed by atoms with Crippen molar-refractivity contribution in [2.75, 3.05) is 0 Å². The summed E-state index contributed by atoms with van der Waals surface area (Å²) in [6.45, 7) is 9.31. The van der Waals surface area contributed by atoms with Crippen LogP contribution in [-0.4, -0.2) is 32.1 Å². The van der Waals surface area contributed by atoms with Crippen LogP contribution in [0.3, 0.4) is 0 Å². The minimum Gasteiger partial charge on any atom is -0.349 e. The Morgan fingerprint density at radius 1 is 1.29 bits per heavy atom. The third-order valence-electron chi connectivity index (χ3n) is 4.37. The van der Waals surface area contributed by atoms with Gasteiger partial charge in [-0.05, 0) is 37.9 Å². The van der Waals surface area contributed by atoms with E-state index in [9.17, 15) is 0 Å². The van der Waals surface area contributed by atoms with Gasteiger partial charge in [-0.25, -0.2) is 20.0 Å². The van der Waals surface area contributed by atoms with Crippen molar-refractivity contribution in [3.63, 3.8) is 0 Å². The molecule has 0 aliphatic heterocycles. The lowest BCUT2D eigenvalue weighted by atomic mass is 10.1. The summed E-state index contributed by atoms with van der Waals surface area (Å²) in [4.78, 5) is 23.1. The summed E-state index contributed by atoms with van der Waals surface area (Å²) in [6.07, 6.45) is 7.02. The molecule has 4 aromatic heterocycles. The fourth-order valence-electron chi connectivity index (χ4n) is 3.10. The predicted molar refractivity (Wildman–Crippen MR) is 116 cm³/mol. The molecule has 0 amide bonds. The second-order valence-electron chi connectivity index (χ2n) is 6.19. The Bertz CT molecular complexity index is 1220. The van der Waals surface area contributed by atoms with Crippen LogP contribution in [0.1, 0.15) is 11.4 Å². The zero-order chi connectivity index (χ0) is 19.7. The molecule has 138 valence electrons. The van der Waals surface area contributed by atoms with E-state index in [2.05, 4.69) is 40.4 Å². The second-order valence-corrected chi connectivity index (χ2v) is 7.19. The van der Waals surface area contributed by atoms with E-state index in [-0.39, 0.29) is 0 Å². The van der Waals surface area contributed by atoms with Gasteiger partial charge in [-0.15, -0.1) is 11.3 Å². The van der Waals surface area contributed by atoms with Gasteiger partial charge in [0.25, 0.3) is 0 Å². The number of aromatic nitrogens is 4. The van der Waals surface area contributed by atoms with E-state index < -0.39 is 0 Å². The summed E-state index contributed by atoms with van der Waals surface area (Å²) in [5, 5.41) is 1.97. The van der Waals surface area contributed by atoms with E-state index in [4.69, 9.17) is 9.97 Å². The zero-order valence-corrected chi connectivity index (χ0v) is 16.4. The highest BCUT2D eigenvalue weighted by molar-refractivity contribution is 7.18. The average molecular weight is 386 g/mol. The fraction of sp³-hybridized carbons (Fsp3) is 0.0952. The van der Waals surface area contributed by atoms with Gasteiger partial charge in [0.05, 0.1) is 21.8 Å². The summed E-state index contributed by atoms with van der Waals surface area (Å²) in [7, 11) is 1.97. The number of fused-ring (bicyclic) bond motifs is 1. The van der Waals surface area contributed by atoms with E-state index in [0.717, 1.165) is 37.7 Å². The van der Waals surface area contributed by atoms with Gasteiger partial charge < -0.3 is 4.57 Å². The monoisotopic (exact) mass is 386 g/mol. The molecular formula is C21H18N6S. The molecule has 0 aliphatic carbocycles. The second kappa shape index (κ2) is 7.28. The van der Waals surface area contributed by atoms with Gasteiger partial charge in [0.1, 0.15) is 10.7 Å². The lowest BCUT2D eigenvalue weighted by Crippen LogP contribution is -2.05. The molecule has 4 heterocycles. The van der Waals surface area contributed by atoms with Crippen molar-refractivity contribution < 1.29 is 0 Å². The van der Waals surface area contributed by atoms with Crippen LogP contribution < -0.4 is 0 Å². The van der Waals surface area contributed by atoms with E-state index in [1.165, 1.54) is 6.20 Å². The van der Waals surface area contributed by atoms with Gasteiger partial charge in [0.15, 0.2) is 5.84 Å². The molecule has 0 radical (unpaired) electrons. The average Bonchev–Trinajstić information content (AvgIpc) is 3.29. The van der Waals surface area contributed by atoms with Gasteiger partial charge in [-0.3, -0.25) is 4.98 Å². The first kappa shape index (κ1) is 17.9. The van der Waals surface area contributed by atoms with Crippen molar-refractivity contribution in [2.45, 2.75) is 6.92 Å². The number of amidine groups is 1. The van der Waals surface area contributed by atoms with E-state index in [0.29, 0.717) is 11.5 Å². The number of pyridine rings is 2. The number of aryl methyl sites for hydroxylation is 2. The maximum absolute atomic E-state index is 4.88. The van der Waals surface area contributed by atoms with Gasteiger partial charge >= 0.3 is 0 Å². The van der Waals surface area contributed by atoms with Gasteiger partial charge in [-0.1, -0.05) is 6.58 Å². The van der Waals surface area contributed by atoms with Crippen molar-refractivity contribution in [3.8, 4) is 21.1 Å². The third-order valence-corrected chi connectivity index (χ3v) is 5.59. The Balaban J connectivity index is 1.93. The number of hydrogen-bond donors (Lipinski definition) is 0. The molecular weight excluding hydrogens is 368 g/mol. The minimum absolute atomic E-state index is 0.443. The van der Waals surface area contributed by atoms with Gasteiger partial charge in [0, 0.05) is 42.8 Å². The molecule has 0 fully saturated rings. The molecule has 0 atom stereocenters. The van der Waals surface area contributed by atoms with Gasteiger partial charge in [-0.2, -0.15) is 0 Å². The van der Waals surface area contributed by atoms with Crippen LogP contribution in [-0.2, 0) is 7.05 Å². The first-order chi connectivity index (χ1) is 13.6. The third kappa shape index (κ3) is 3.05. The first-order valence-electron chi connectivity index (χ1n) is 8.62. The summed E-state index contributed by atoms with van der Waals surface area (Å²) in [5.74, 6) is 0.443. The van der Waals surface area contributed by atoms with Crippen molar-refractivity contribution in [3.05, 3.63) is 67.0 Å². The maximum atomic E-state index is 4.88. The fourth-order valence-corrected chi connectivity index (χ4v) is 4.12. The molecule has 0 aliphatic rings. The molecule has 0 saturated heterocycles. The SMILES string of the molecule is C=CN=C(N=C)c1nc(-c2sc(-c3cccnc3)nc2C)cc2ccn(C)c12. The molecule has 7 heteroatoms. The minimum atomic E-state index is 0.443. The van der Waals surface area contributed by atoms with Crippen molar-refractivity contribution in [1.82, 2.24) is 19.5 Å². The molecule has 0 aromatic carbocycles. The summed E-state index contributed by atoms with van der Waals surface area (Å²) >= 11 is 1.60. The summed E-state index contributed by atoms with van der Waals surface area (Å²) < 4.78 is 2.01. The van der Waals surface area contributed by atoms with Crippen LogP contribution in [0.4, 0.5) is 0 Å². The lowest BCUT2D eigenvalue weighted by molar-refractivity contribution is 0.963. The molecule has 4 aromatic rings. The van der Waals surface area contributed by atoms with Crippen LogP contribution in [0.5, 0.6) is 0 Å². The van der Waals surface area contributed by atoms with Crippen molar-refractivity contribution >= 4 is 34.8 Å². The lowest BCUT2D eigenvalue weighted by Gasteiger charge is -2.08. The Hall–Kier alpha value is -3.45. The Labute approximate surface area is 166 Å². The van der Waals surface area contributed by atoms with Crippen LogP contribution in [0, 0.1) is 6.92 Å². The van der Waals surface area contributed by atoms with Crippen molar-refractivity contribution in [2.24, 2.45) is 17.0 Å². The van der Waals surface area contributed by atoms with Crippen LogP contribution >= 0.6 is 11.3 Å². The number of hydrogen-bond acceptors (Lipinski definition) is 5. The predicted octanol–water partition coefficient (Wildman–Crippen LogP) is 4.66. The number of rotatable bonds is 4. The largest absolute Gasteiger partial charge is 0.349 e. The van der Waals surface area contributed by atoms with Gasteiger partial charge in [0.2, 0.25) is 0 Å². The zero-order valence-electron chi connectivity index (χ0n) is 15.6. The normalized spacial score (nSPS) is 11.7. The van der Waals surface area contributed by atoms with Crippen LogP contribution in [0.2, 0.25) is 0 Å².